The van der Waals surface area contributed by atoms with Crippen molar-refractivity contribution in [1.82, 2.24) is 39.9 Å². The molecule has 5 heterocycles. The molecule has 0 radical (unpaired) electrons. The van der Waals surface area contributed by atoms with Crippen LogP contribution in [0.4, 0.5) is 0 Å². The first kappa shape index (κ1) is 11.5. The Kier molecular flexibility index (Phi) is 2.19. The zero-order valence-electron chi connectivity index (χ0n) is 10.9. The van der Waals surface area contributed by atoms with E-state index in [9.17, 15) is 0 Å². The summed E-state index contributed by atoms with van der Waals surface area (Å²) in [5.41, 5.74) is 1.58. The molecule has 0 N–H and O–H groups in total. The molecule has 9 nitrogen and oxygen atoms in total. The molecule has 0 fully saturated rings. The van der Waals surface area contributed by atoms with Crippen LogP contribution in [0.2, 0.25) is 0 Å². The van der Waals surface area contributed by atoms with Crippen molar-refractivity contribution in [3.63, 3.8) is 0 Å². The highest BCUT2D eigenvalue weighted by Gasteiger charge is 2.16. The van der Waals surface area contributed by atoms with E-state index in [0.717, 1.165) is 10.6 Å². The van der Waals surface area contributed by atoms with Crippen LogP contribution in [0.25, 0.3) is 32.8 Å². The lowest BCUT2D eigenvalue weighted by Gasteiger charge is -1.95. The van der Waals surface area contributed by atoms with E-state index in [1.54, 1.807) is 27.6 Å². The number of furan rings is 1. The zero-order chi connectivity index (χ0) is 14.5. The normalized spacial score (nSPS) is 11.6. The van der Waals surface area contributed by atoms with Gasteiger partial charge in [0.2, 0.25) is 10.8 Å². The highest BCUT2D eigenvalue weighted by molar-refractivity contribution is 7.19. The second kappa shape index (κ2) is 4.18. The Morgan fingerprint density at radius 3 is 3.05 bits per heavy atom. The standard InChI is InChI=1S/C12H6N8OS/c1-2-8(21-5-1)10-14-15-12-20(10)16-11(22-12)7-3-4-19-9(6-7)13-17-18-19/h1-6H. The molecule has 0 aromatic carbocycles. The summed E-state index contributed by atoms with van der Waals surface area (Å²) in [7, 11) is 0. The van der Waals surface area contributed by atoms with E-state index >= 15 is 0 Å². The number of aromatic nitrogens is 8. The largest absolute Gasteiger partial charge is 0.461 e. The van der Waals surface area contributed by atoms with Gasteiger partial charge in [0.15, 0.2) is 11.4 Å². The van der Waals surface area contributed by atoms with Gasteiger partial charge in [-0.05, 0) is 34.7 Å². The Balaban J connectivity index is 1.68. The summed E-state index contributed by atoms with van der Waals surface area (Å²) in [5, 5.41) is 25.0. The van der Waals surface area contributed by atoms with Gasteiger partial charge in [0, 0.05) is 11.8 Å². The molecule has 0 aliphatic rings. The number of hydrogen-bond acceptors (Lipinski definition) is 8. The summed E-state index contributed by atoms with van der Waals surface area (Å²) in [6, 6.07) is 7.40. The van der Waals surface area contributed by atoms with Crippen LogP contribution in [-0.4, -0.2) is 39.9 Å². The fraction of sp³-hybridized carbons (Fsp3) is 0. The lowest BCUT2D eigenvalue weighted by molar-refractivity contribution is 0.575. The van der Waals surface area contributed by atoms with Crippen LogP contribution in [0.15, 0.2) is 41.1 Å². The third-order valence-corrected chi connectivity index (χ3v) is 4.13. The van der Waals surface area contributed by atoms with Crippen LogP contribution in [0.1, 0.15) is 0 Å². The minimum Gasteiger partial charge on any atom is -0.461 e. The van der Waals surface area contributed by atoms with Crippen molar-refractivity contribution in [3.8, 4) is 22.2 Å². The molecule has 10 heteroatoms. The fourth-order valence-electron chi connectivity index (χ4n) is 2.17. The third kappa shape index (κ3) is 1.58. The van der Waals surface area contributed by atoms with Gasteiger partial charge in [0.1, 0.15) is 5.01 Å². The molecular weight excluding hydrogens is 304 g/mol. The summed E-state index contributed by atoms with van der Waals surface area (Å²) < 4.78 is 8.63. The van der Waals surface area contributed by atoms with Crippen LogP contribution in [0.3, 0.4) is 0 Å². The van der Waals surface area contributed by atoms with Gasteiger partial charge in [-0.2, -0.15) is 9.61 Å². The van der Waals surface area contributed by atoms with E-state index in [0.29, 0.717) is 22.2 Å². The minimum atomic E-state index is 0.577. The molecule has 0 spiro atoms. The fourth-order valence-corrected chi connectivity index (χ4v) is 3.00. The molecule has 5 aromatic rings. The smallest absolute Gasteiger partial charge is 0.235 e. The number of hydrogen-bond donors (Lipinski definition) is 0. The molecule has 0 bridgehead atoms. The van der Waals surface area contributed by atoms with Gasteiger partial charge in [-0.1, -0.05) is 11.3 Å². The van der Waals surface area contributed by atoms with Gasteiger partial charge in [-0.25, -0.2) is 4.52 Å². The quantitative estimate of drug-likeness (QED) is 0.487. The van der Waals surface area contributed by atoms with Gasteiger partial charge < -0.3 is 4.42 Å². The molecule has 0 atom stereocenters. The summed E-state index contributed by atoms with van der Waals surface area (Å²) in [4.78, 5) is 0.695. The molecule has 106 valence electrons. The van der Waals surface area contributed by atoms with Gasteiger partial charge in [-0.15, -0.1) is 15.3 Å². The lowest BCUT2D eigenvalue weighted by Crippen LogP contribution is -1.91. The summed E-state index contributed by atoms with van der Waals surface area (Å²) >= 11 is 1.44. The number of tetrazole rings is 1. The molecule has 0 aliphatic carbocycles. The molecule has 22 heavy (non-hydrogen) atoms. The van der Waals surface area contributed by atoms with Crippen LogP contribution in [0, 0.1) is 0 Å². The maximum absolute atomic E-state index is 5.36. The lowest BCUT2D eigenvalue weighted by atomic mass is 10.3. The van der Waals surface area contributed by atoms with E-state index in [-0.39, 0.29) is 0 Å². The Morgan fingerprint density at radius 2 is 2.14 bits per heavy atom. The molecule has 5 aromatic heterocycles. The Hall–Kier alpha value is -3.14. The highest BCUT2D eigenvalue weighted by atomic mass is 32.1. The average molecular weight is 310 g/mol. The molecule has 0 amide bonds. The van der Waals surface area contributed by atoms with E-state index in [2.05, 4.69) is 30.8 Å². The van der Waals surface area contributed by atoms with Crippen molar-refractivity contribution < 1.29 is 4.42 Å². The van der Waals surface area contributed by atoms with E-state index in [4.69, 9.17) is 4.42 Å². The first-order valence-corrected chi connectivity index (χ1v) is 7.14. The summed E-state index contributed by atoms with van der Waals surface area (Å²) in [6.45, 7) is 0. The maximum Gasteiger partial charge on any atom is 0.235 e. The van der Waals surface area contributed by atoms with Crippen molar-refractivity contribution >= 4 is 21.9 Å². The predicted octanol–water partition coefficient (Wildman–Crippen LogP) is 1.55. The van der Waals surface area contributed by atoms with Gasteiger partial charge in [0.25, 0.3) is 0 Å². The first-order chi connectivity index (χ1) is 10.9. The van der Waals surface area contributed by atoms with Gasteiger partial charge >= 0.3 is 0 Å². The Bertz CT molecular complexity index is 1090. The average Bonchev–Trinajstić information content (AvgIpc) is 3.28. The Morgan fingerprint density at radius 1 is 1.14 bits per heavy atom. The number of pyridine rings is 1. The van der Waals surface area contributed by atoms with Crippen LogP contribution in [0.5, 0.6) is 0 Å². The number of nitrogens with zero attached hydrogens (tertiary/aromatic N) is 8. The third-order valence-electron chi connectivity index (χ3n) is 3.18. The predicted molar refractivity (Wildman–Crippen MR) is 76.1 cm³/mol. The second-order valence-corrected chi connectivity index (χ2v) is 5.46. The SMILES string of the molecule is c1coc(-c2nnc3sc(-c4ccn5nnnc5c4)nn23)c1. The van der Waals surface area contributed by atoms with Crippen molar-refractivity contribution in [2.24, 2.45) is 0 Å². The van der Waals surface area contributed by atoms with Crippen molar-refractivity contribution in [1.29, 1.82) is 0 Å². The van der Waals surface area contributed by atoms with Crippen molar-refractivity contribution in [2.45, 2.75) is 0 Å². The van der Waals surface area contributed by atoms with Crippen LogP contribution in [-0.2, 0) is 0 Å². The number of rotatable bonds is 2. The van der Waals surface area contributed by atoms with Crippen LogP contribution >= 0.6 is 11.3 Å². The second-order valence-electron chi connectivity index (χ2n) is 4.50. The van der Waals surface area contributed by atoms with E-state index < -0.39 is 0 Å². The molecule has 0 saturated heterocycles. The summed E-state index contributed by atoms with van der Waals surface area (Å²) in [6.07, 6.45) is 3.39. The van der Waals surface area contributed by atoms with Crippen molar-refractivity contribution in [2.75, 3.05) is 0 Å². The van der Waals surface area contributed by atoms with Gasteiger partial charge in [-0.3, -0.25) is 0 Å². The van der Waals surface area contributed by atoms with Crippen molar-refractivity contribution in [3.05, 3.63) is 36.7 Å². The van der Waals surface area contributed by atoms with E-state index in [1.165, 1.54) is 11.3 Å². The first-order valence-electron chi connectivity index (χ1n) is 6.33. The molecule has 5 rings (SSSR count). The zero-order valence-corrected chi connectivity index (χ0v) is 11.7. The topological polar surface area (TPSA) is 99.3 Å². The van der Waals surface area contributed by atoms with E-state index in [1.807, 2.05) is 18.2 Å². The van der Waals surface area contributed by atoms with Crippen LogP contribution < -0.4 is 0 Å². The number of fused-ring (bicyclic) bond motifs is 2. The summed E-state index contributed by atoms with van der Waals surface area (Å²) in [5.74, 6) is 1.20. The van der Waals surface area contributed by atoms with Gasteiger partial charge in [0.05, 0.1) is 6.26 Å². The molecule has 0 saturated carbocycles. The minimum absolute atomic E-state index is 0.577. The molecular formula is C12H6N8OS. The Labute approximate surface area is 125 Å². The highest BCUT2D eigenvalue weighted by Crippen LogP contribution is 2.28. The monoisotopic (exact) mass is 310 g/mol. The molecule has 0 aliphatic heterocycles. The maximum atomic E-state index is 5.36. The molecule has 0 unspecified atom stereocenters.